The van der Waals surface area contributed by atoms with E-state index in [9.17, 15) is 13.6 Å². The van der Waals surface area contributed by atoms with Crippen molar-refractivity contribution in [3.05, 3.63) is 23.8 Å². The minimum atomic E-state index is -3.03. The van der Waals surface area contributed by atoms with Gasteiger partial charge >= 0.3 is 6.61 Å². The Hall–Kier alpha value is -1.60. The summed E-state index contributed by atoms with van der Waals surface area (Å²) in [5, 5.41) is 5.65. The topological polar surface area (TPSA) is 59.6 Å². The van der Waals surface area contributed by atoms with Crippen LogP contribution in [0.3, 0.4) is 0 Å². The van der Waals surface area contributed by atoms with E-state index >= 15 is 0 Å². The summed E-state index contributed by atoms with van der Waals surface area (Å²) in [5.41, 5.74) is 0.0150. The Bertz CT molecular complexity index is 447. The largest absolute Gasteiger partial charge is 0.493 e. The number of nitrogens with one attached hydrogen (secondary N) is 2. The Kier molecular flexibility index (Phi) is 9.40. The summed E-state index contributed by atoms with van der Waals surface area (Å²) >= 11 is 0. The van der Waals surface area contributed by atoms with Crippen LogP contribution >= 0.6 is 12.4 Å². The molecule has 0 heterocycles. The van der Waals surface area contributed by atoms with Gasteiger partial charge in [-0.1, -0.05) is 13.0 Å². The molecule has 1 amide bonds. The summed E-state index contributed by atoms with van der Waals surface area (Å²) in [6.07, 6.45) is 0. The highest BCUT2D eigenvalue weighted by atomic mass is 35.5. The molecular weight excluding hydrogens is 306 g/mol. The highest BCUT2D eigenvalue weighted by Crippen LogP contribution is 2.32. The van der Waals surface area contributed by atoms with Crippen molar-refractivity contribution in [2.45, 2.75) is 13.5 Å². The van der Waals surface area contributed by atoms with Crippen LogP contribution in [0, 0.1) is 0 Å². The number of benzene rings is 1. The fourth-order valence-electron chi connectivity index (χ4n) is 1.60. The van der Waals surface area contributed by atoms with E-state index in [0.717, 1.165) is 6.54 Å². The molecule has 0 saturated heterocycles. The second-order valence-corrected chi connectivity index (χ2v) is 3.82. The predicted molar refractivity (Wildman–Crippen MR) is 77.8 cm³/mol. The lowest BCUT2D eigenvalue weighted by atomic mass is 10.1. The zero-order valence-electron chi connectivity index (χ0n) is 11.8. The molecule has 0 unspecified atom stereocenters. The van der Waals surface area contributed by atoms with Crippen molar-refractivity contribution in [3.8, 4) is 11.5 Å². The molecule has 0 aromatic heterocycles. The monoisotopic (exact) mass is 324 g/mol. The van der Waals surface area contributed by atoms with Crippen molar-refractivity contribution >= 4 is 18.3 Å². The molecule has 0 aliphatic heterocycles. The quantitative estimate of drug-likeness (QED) is 0.719. The summed E-state index contributed by atoms with van der Waals surface area (Å²) in [5.74, 6) is -0.659. The molecule has 0 radical (unpaired) electrons. The summed E-state index contributed by atoms with van der Waals surface area (Å²) < 4.78 is 34.1. The molecule has 5 nitrogen and oxygen atoms in total. The predicted octanol–water partition coefficient (Wildman–Crippen LogP) is 2.06. The smallest absolute Gasteiger partial charge is 0.387 e. The molecule has 1 rings (SSSR count). The lowest BCUT2D eigenvalue weighted by Gasteiger charge is -2.14. The molecule has 0 saturated carbocycles. The lowest BCUT2D eigenvalue weighted by Crippen LogP contribution is -2.32. The SMILES string of the molecule is CCNCCNC(=O)c1cccc(OC)c1OC(F)F.Cl. The van der Waals surface area contributed by atoms with Crippen LogP contribution in [0.1, 0.15) is 17.3 Å². The molecule has 0 spiro atoms. The van der Waals surface area contributed by atoms with Crippen molar-refractivity contribution < 1.29 is 23.0 Å². The number of hydrogen-bond donors (Lipinski definition) is 2. The molecule has 0 bridgehead atoms. The van der Waals surface area contributed by atoms with Gasteiger partial charge in [0.05, 0.1) is 12.7 Å². The Balaban J connectivity index is 0.00000400. The average Bonchev–Trinajstić information content (AvgIpc) is 2.43. The first-order valence-corrected chi connectivity index (χ1v) is 6.20. The van der Waals surface area contributed by atoms with E-state index in [1.165, 1.54) is 25.3 Å². The van der Waals surface area contributed by atoms with Crippen LogP contribution in [0.15, 0.2) is 18.2 Å². The molecule has 1 aromatic rings. The van der Waals surface area contributed by atoms with Gasteiger partial charge in [-0.25, -0.2) is 0 Å². The van der Waals surface area contributed by atoms with Crippen molar-refractivity contribution in [1.82, 2.24) is 10.6 Å². The number of para-hydroxylation sites is 1. The second-order valence-electron chi connectivity index (χ2n) is 3.82. The fraction of sp³-hybridized carbons (Fsp3) is 0.462. The highest BCUT2D eigenvalue weighted by Gasteiger charge is 2.19. The molecule has 0 aliphatic rings. The average molecular weight is 325 g/mol. The number of methoxy groups -OCH3 is 1. The molecule has 0 fully saturated rings. The van der Waals surface area contributed by atoms with Gasteiger partial charge in [-0.05, 0) is 18.7 Å². The van der Waals surface area contributed by atoms with E-state index in [-0.39, 0.29) is 29.5 Å². The number of halogens is 3. The van der Waals surface area contributed by atoms with Crippen LogP contribution in [0.5, 0.6) is 11.5 Å². The van der Waals surface area contributed by atoms with Crippen LogP contribution in [0.4, 0.5) is 8.78 Å². The lowest BCUT2D eigenvalue weighted by molar-refractivity contribution is -0.0515. The first-order chi connectivity index (χ1) is 9.60. The minimum absolute atomic E-state index is 0. The summed E-state index contributed by atoms with van der Waals surface area (Å²) in [6, 6.07) is 4.40. The van der Waals surface area contributed by atoms with E-state index in [1.807, 2.05) is 6.92 Å². The van der Waals surface area contributed by atoms with E-state index in [1.54, 1.807) is 0 Å². The third-order valence-corrected chi connectivity index (χ3v) is 2.49. The Morgan fingerprint density at radius 1 is 1.33 bits per heavy atom. The number of alkyl halides is 2. The van der Waals surface area contributed by atoms with Gasteiger partial charge in [0.25, 0.3) is 5.91 Å². The zero-order valence-corrected chi connectivity index (χ0v) is 12.6. The maximum absolute atomic E-state index is 12.4. The second kappa shape index (κ2) is 10.2. The van der Waals surface area contributed by atoms with Gasteiger partial charge in [-0.15, -0.1) is 12.4 Å². The number of amides is 1. The molecule has 0 aliphatic carbocycles. The standard InChI is InChI=1S/C13H18F2N2O3.ClH/c1-3-16-7-8-17-12(18)9-5-4-6-10(19-2)11(9)20-13(14)15;/h4-6,13,16H,3,7-8H2,1-2H3,(H,17,18);1H. The maximum atomic E-state index is 12.4. The third-order valence-electron chi connectivity index (χ3n) is 2.49. The van der Waals surface area contributed by atoms with E-state index in [2.05, 4.69) is 15.4 Å². The van der Waals surface area contributed by atoms with Gasteiger partial charge in [0.15, 0.2) is 11.5 Å². The van der Waals surface area contributed by atoms with E-state index in [4.69, 9.17) is 4.74 Å². The number of rotatable bonds is 8. The van der Waals surface area contributed by atoms with E-state index < -0.39 is 12.5 Å². The van der Waals surface area contributed by atoms with Gasteiger partial charge in [-0.2, -0.15) is 8.78 Å². The summed E-state index contributed by atoms with van der Waals surface area (Å²) in [4.78, 5) is 12.0. The van der Waals surface area contributed by atoms with Crippen LogP contribution in [-0.4, -0.2) is 39.3 Å². The number of ether oxygens (including phenoxy) is 2. The Morgan fingerprint density at radius 3 is 2.62 bits per heavy atom. The first-order valence-electron chi connectivity index (χ1n) is 6.20. The normalized spacial score (nSPS) is 9.95. The van der Waals surface area contributed by atoms with Gasteiger partial charge in [0, 0.05) is 13.1 Å². The van der Waals surface area contributed by atoms with Crippen molar-refractivity contribution in [1.29, 1.82) is 0 Å². The van der Waals surface area contributed by atoms with Crippen LogP contribution in [-0.2, 0) is 0 Å². The maximum Gasteiger partial charge on any atom is 0.387 e. The van der Waals surface area contributed by atoms with E-state index in [0.29, 0.717) is 13.1 Å². The van der Waals surface area contributed by atoms with Crippen LogP contribution < -0.4 is 20.1 Å². The third kappa shape index (κ3) is 6.14. The Morgan fingerprint density at radius 2 is 2.05 bits per heavy atom. The minimum Gasteiger partial charge on any atom is -0.493 e. The summed E-state index contributed by atoms with van der Waals surface area (Å²) in [7, 11) is 1.32. The van der Waals surface area contributed by atoms with Crippen LogP contribution in [0.25, 0.3) is 0 Å². The molecule has 120 valence electrons. The number of carbonyl (C=O) groups excluding carboxylic acids is 1. The fourth-order valence-corrected chi connectivity index (χ4v) is 1.60. The van der Waals surface area contributed by atoms with Gasteiger partial charge in [0.2, 0.25) is 0 Å². The van der Waals surface area contributed by atoms with Crippen molar-refractivity contribution in [2.75, 3.05) is 26.7 Å². The van der Waals surface area contributed by atoms with Crippen LogP contribution in [0.2, 0.25) is 0 Å². The molecule has 21 heavy (non-hydrogen) atoms. The molecule has 8 heteroatoms. The molecular formula is C13H19ClF2N2O3. The summed E-state index contributed by atoms with van der Waals surface area (Å²) in [6.45, 7) is 0.683. The Labute approximate surface area is 128 Å². The molecule has 0 atom stereocenters. The van der Waals surface area contributed by atoms with Crippen molar-refractivity contribution in [2.24, 2.45) is 0 Å². The van der Waals surface area contributed by atoms with Crippen molar-refractivity contribution in [3.63, 3.8) is 0 Å². The number of carbonyl (C=O) groups is 1. The number of hydrogen-bond acceptors (Lipinski definition) is 4. The number of likely N-dealkylation sites (N-methyl/N-ethyl adjacent to an activating group) is 1. The zero-order chi connectivity index (χ0) is 15.0. The first kappa shape index (κ1) is 19.4. The van der Waals surface area contributed by atoms with Gasteiger partial charge in [0.1, 0.15) is 0 Å². The van der Waals surface area contributed by atoms with Gasteiger partial charge in [-0.3, -0.25) is 4.79 Å². The molecule has 2 N–H and O–H groups in total. The highest BCUT2D eigenvalue weighted by molar-refractivity contribution is 5.97. The van der Waals surface area contributed by atoms with Gasteiger partial charge < -0.3 is 20.1 Å². The molecule has 1 aromatic carbocycles.